The van der Waals surface area contributed by atoms with Crippen molar-refractivity contribution >= 4 is 104 Å². The number of benzene rings is 9. The van der Waals surface area contributed by atoms with Crippen molar-refractivity contribution in [3.8, 4) is 11.4 Å². The summed E-state index contributed by atoms with van der Waals surface area (Å²) in [6, 6.07) is 81.6. The van der Waals surface area contributed by atoms with Gasteiger partial charge in [0.15, 0.2) is 8.07 Å². The van der Waals surface area contributed by atoms with E-state index in [1.165, 1.54) is 95.9 Å². The van der Waals surface area contributed by atoms with Gasteiger partial charge in [-0.1, -0.05) is 158 Å². The van der Waals surface area contributed by atoms with Crippen LogP contribution in [0.1, 0.15) is 0 Å². The van der Waals surface area contributed by atoms with Crippen LogP contribution in [0.15, 0.2) is 218 Å². The molecular weight excluding hydrogens is 737 g/mol. The molecule has 0 aliphatic carbocycles. The minimum absolute atomic E-state index is 1.17. The van der Waals surface area contributed by atoms with Gasteiger partial charge >= 0.3 is 0 Å². The molecule has 0 saturated carbocycles. The Morgan fingerprint density at radius 2 is 0.741 bits per heavy atom. The first kappa shape index (κ1) is 33.2. The van der Waals surface area contributed by atoms with Gasteiger partial charge in [-0.2, -0.15) is 0 Å². The van der Waals surface area contributed by atoms with Crippen LogP contribution in [0.25, 0.3) is 75.2 Å². The van der Waals surface area contributed by atoms with Crippen molar-refractivity contribution in [1.29, 1.82) is 0 Å². The van der Waals surface area contributed by atoms with Crippen LogP contribution in [0, 0.1) is 0 Å². The van der Waals surface area contributed by atoms with Gasteiger partial charge in [-0.3, -0.25) is 0 Å². The summed E-state index contributed by atoms with van der Waals surface area (Å²) in [7, 11) is -2.95. The average Bonchev–Trinajstić information content (AvgIpc) is 3.95. The van der Waals surface area contributed by atoms with Crippen LogP contribution in [-0.4, -0.2) is 17.2 Å². The van der Waals surface area contributed by atoms with Gasteiger partial charge in [0, 0.05) is 53.1 Å². The Morgan fingerprint density at radius 1 is 0.293 bits per heavy atom. The molecule has 0 aliphatic rings. The fourth-order valence-corrected chi connectivity index (χ4v) is 15.8. The Bertz CT molecular complexity index is 3430. The van der Waals surface area contributed by atoms with Gasteiger partial charge < -0.3 is 9.13 Å². The first-order valence-electron chi connectivity index (χ1n) is 19.9. The predicted molar refractivity (Wildman–Crippen MR) is 252 cm³/mol. The lowest BCUT2D eigenvalue weighted by Crippen LogP contribution is -2.74. The van der Waals surface area contributed by atoms with Gasteiger partial charge in [0.1, 0.15) is 0 Å². The van der Waals surface area contributed by atoms with E-state index in [9.17, 15) is 0 Å². The number of rotatable bonds is 6. The molecule has 4 heteroatoms. The van der Waals surface area contributed by atoms with E-state index in [1.54, 1.807) is 0 Å². The molecule has 3 heterocycles. The van der Waals surface area contributed by atoms with E-state index >= 15 is 0 Å². The zero-order chi connectivity index (χ0) is 38.2. The minimum atomic E-state index is -2.95. The number of hydrogen-bond donors (Lipinski definition) is 0. The van der Waals surface area contributed by atoms with E-state index in [0.717, 1.165) is 0 Å². The van der Waals surface area contributed by atoms with Gasteiger partial charge in [0.05, 0.1) is 22.1 Å². The van der Waals surface area contributed by atoms with E-state index in [4.69, 9.17) is 0 Å². The number of aromatic nitrogens is 2. The van der Waals surface area contributed by atoms with Crippen LogP contribution in [0.2, 0.25) is 0 Å². The smallest absolute Gasteiger partial charge is 0.179 e. The van der Waals surface area contributed by atoms with Crippen molar-refractivity contribution in [3.05, 3.63) is 218 Å². The molecule has 3 aromatic heterocycles. The number of fused-ring (bicyclic) bond motifs is 10. The van der Waals surface area contributed by atoms with Gasteiger partial charge in [-0.25, -0.2) is 0 Å². The van der Waals surface area contributed by atoms with E-state index in [0.29, 0.717) is 0 Å². The van der Waals surface area contributed by atoms with Crippen molar-refractivity contribution in [2.45, 2.75) is 0 Å². The third-order valence-electron chi connectivity index (χ3n) is 12.2. The fraction of sp³-hybridized carbons (Fsp3) is 0. The SMILES string of the molecule is c1ccc([Si](c2ccccc2)(c2cccc(-n3c4ccccc4c4ccccc43)c2)c2cccc(-n3c4ccccc4c4c5c(ccc43)sc3ccccc35)c2)cc1. The molecule has 12 aromatic rings. The number of thiophene rings is 1. The second-order valence-electron chi connectivity index (χ2n) is 15.2. The lowest BCUT2D eigenvalue weighted by molar-refractivity contribution is 1.18. The Balaban J connectivity index is 1.16. The summed E-state index contributed by atoms with van der Waals surface area (Å²) in [6.45, 7) is 0. The zero-order valence-corrected chi connectivity index (χ0v) is 33.4. The summed E-state index contributed by atoms with van der Waals surface area (Å²) in [6.07, 6.45) is 0. The van der Waals surface area contributed by atoms with Crippen LogP contribution in [0.3, 0.4) is 0 Å². The van der Waals surface area contributed by atoms with Crippen LogP contribution < -0.4 is 20.7 Å². The number of hydrogen-bond acceptors (Lipinski definition) is 1. The van der Waals surface area contributed by atoms with Crippen molar-refractivity contribution in [1.82, 2.24) is 9.13 Å². The molecule has 0 radical (unpaired) electrons. The zero-order valence-electron chi connectivity index (χ0n) is 31.6. The van der Waals surface area contributed by atoms with E-state index in [1.807, 2.05) is 11.3 Å². The normalized spacial score (nSPS) is 12.1. The van der Waals surface area contributed by atoms with E-state index < -0.39 is 8.07 Å². The molecule has 9 aromatic carbocycles. The largest absolute Gasteiger partial charge is 0.309 e. The first-order chi connectivity index (χ1) is 28.8. The van der Waals surface area contributed by atoms with Crippen molar-refractivity contribution in [2.24, 2.45) is 0 Å². The van der Waals surface area contributed by atoms with E-state index in [-0.39, 0.29) is 0 Å². The fourth-order valence-electron chi connectivity index (χ4n) is 9.89. The summed E-state index contributed by atoms with van der Waals surface area (Å²) < 4.78 is 7.61. The molecule has 0 bridgehead atoms. The second-order valence-corrected chi connectivity index (χ2v) is 20.1. The van der Waals surface area contributed by atoms with Gasteiger partial charge in [0.25, 0.3) is 0 Å². The molecule has 0 saturated heterocycles. The maximum Gasteiger partial charge on any atom is 0.179 e. The lowest BCUT2D eigenvalue weighted by Gasteiger charge is -2.35. The van der Waals surface area contributed by atoms with Crippen LogP contribution in [-0.2, 0) is 0 Å². The van der Waals surface area contributed by atoms with Crippen molar-refractivity contribution in [3.63, 3.8) is 0 Å². The molecular formula is C54H36N2SSi. The highest BCUT2D eigenvalue weighted by atomic mass is 32.1. The Kier molecular flexibility index (Phi) is 7.46. The quantitative estimate of drug-likeness (QED) is 0.118. The van der Waals surface area contributed by atoms with Crippen molar-refractivity contribution in [2.75, 3.05) is 0 Å². The molecule has 272 valence electrons. The molecule has 0 spiro atoms. The highest BCUT2D eigenvalue weighted by Gasteiger charge is 2.42. The molecule has 0 aliphatic heterocycles. The van der Waals surface area contributed by atoms with Crippen molar-refractivity contribution < 1.29 is 0 Å². The Morgan fingerprint density at radius 3 is 1.33 bits per heavy atom. The summed E-state index contributed by atoms with van der Waals surface area (Å²) >= 11 is 1.88. The number of para-hydroxylation sites is 3. The second kappa shape index (κ2) is 13.0. The third kappa shape index (κ3) is 4.76. The maximum absolute atomic E-state index is 2.95. The Labute approximate surface area is 341 Å². The Hall–Kier alpha value is -6.98. The average molecular weight is 773 g/mol. The van der Waals surface area contributed by atoms with Gasteiger partial charge in [-0.05, 0) is 81.4 Å². The first-order valence-corrected chi connectivity index (χ1v) is 22.8. The minimum Gasteiger partial charge on any atom is -0.309 e. The highest BCUT2D eigenvalue weighted by Crippen LogP contribution is 2.43. The summed E-state index contributed by atoms with van der Waals surface area (Å²) in [5.41, 5.74) is 7.22. The van der Waals surface area contributed by atoms with Crippen LogP contribution in [0.4, 0.5) is 0 Å². The topological polar surface area (TPSA) is 9.86 Å². The molecule has 0 atom stereocenters. The maximum atomic E-state index is 2.50. The molecule has 58 heavy (non-hydrogen) atoms. The number of nitrogens with zero attached hydrogens (tertiary/aromatic N) is 2. The van der Waals surface area contributed by atoms with Crippen LogP contribution >= 0.6 is 11.3 Å². The molecule has 2 nitrogen and oxygen atoms in total. The lowest BCUT2D eigenvalue weighted by atomic mass is 10.1. The van der Waals surface area contributed by atoms with Gasteiger partial charge in [-0.15, -0.1) is 11.3 Å². The standard InChI is InChI=1S/C54H36N2SSi/c1-3-19-39(20-4-1)58(40-21-5-2-6-22-40,41-23-15-17-37(35-41)55-47-29-11-7-25-43(47)44-26-8-12-30-48(44)55)42-24-16-18-38(36-42)56-49-31-13-9-27-45(49)53-50(56)33-34-52-54(53)46-28-10-14-32-51(46)57-52/h1-36H. The monoisotopic (exact) mass is 772 g/mol. The molecule has 0 amide bonds. The predicted octanol–water partition coefficient (Wildman–Crippen LogP) is 11.6. The van der Waals surface area contributed by atoms with Gasteiger partial charge in [0.2, 0.25) is 0 Å². The molecule has 0 N–H and O–H groups in total. The molecule has 0 fully saturated rings. The summed E-state index contributed by atoms with van der Waals surface area (Å²) in [4.78, 5) is 0. The van der Waals surface area contributed by atoms with Crippen LogP contribution in [0.5, 0.6) is 0 Å². The molecule has 0 unspecified atom stereocenters. The summed E-state index contributed by atoms with van der Waals surface area (Å²) in [5.74, 6) is 0. The third-order valence-corrected chi connectivity index (χ3v) is 18.1. The molecule has 12 rings (SSSR count). The van der Waals surface area contributed by atoms with E-state index in [2.05, 4.69) is 228 Å². The highest BCUT2D eigenvalue weighted by molar-refractivity contribution is 7.26. The summed E-state index contributed by atoms with van der Waals surface area (Å²) in [5, 5.41) is 13.2.